The molecule has 0 fully saturated rings. The van der Waals surface area contributed by atoms with Gasteiger partial charge in [-0.2, -0.15) is 4.68 Å². The number of halogens is 1. The lowest BCUT2D eigenvalue weighted by atomic mass is 10.0. The Morgan fingerprint density at radius 3 is 2.54 bits per heavy atom. The van der Waals surface area contributed by atoms with Crippen molar-refractivity contribution in [2.75, 3.05) is 14.1 Å². The number of tetrazole rings is 1. The molecule has 0 saturated heterocycles. The van der Waals surface area contributed by atoms with Crippen LogP contribution < -0.4 is 0 Å². The second-order valence-electron chi connectivity index (χ2n) is 6.10. The van der Waals surface area contributed by atoms with Gasteiger partial charge < -0.3 is 4.90 Å². The van der Waals surface area contributed by atoms with Crippen molar-refractivity contribution in [3.05, 3.63) is 76.2 Å². The Kier molecular flexibility index (Phi) is 5.27. The molecule has 0 aliphatic heterocycles. The van der Waals surface area contributed by atoms with Crippen LogP contribution in [0.2, 0.25) is 0 Å². The van der Waals surface area contributed by atoms with Gasteiger partial charge in [-0.1, -0.05) is 45.8 Å². The third kappa shape index (κ3) is 3.88. The van der Waals surface area contributed by atoms with Crippen molar-refractivity contribution in [2.24, 2.45) is 0 Å². The molecule has 0 spiro atoms. The van der Waals surface area contributed by atoms with Crippen LogP contribution in [-0.4, -0.2) is 45.0 Å². The summed E-state index contributed by atoms with van der Waals surface area (Å²) in [5, 5.41) is 12.0. The van der Waals surface area contributed by atoms with E-state index in [2.05, 4.69) is 31.5 Å². The summed E-state index contributed by atoms with van der Waals surface area (Å²) in [5.74, 6) is 0.246. The number of nitrogens with zero attached hydrogens (tertiary/aromatic N) is 5. The minimum Gasteiger partial charge on any atom is -0.383 e. The zero-order valence-corrected chi connectivity index (χ0v) is 16.3. The second-order valence-corrected chi connectivity index (χ2v) is 7.01. The summed E-state index contributed by atoms with van der Waals surface area (Å²) in [4.78, 5) is 14.9. The molecule has 132 valence electrons. The van der Waals surface area contributed by atoms with Gasteiger partial charge in [0.15, 0.2) is 11.6 Å². The predicted molar refractivity (Wildman–Crippen MR) is 104 cm³/mol. The minimum atomic E-state index is -0.150. The van der Waals surface area contributed by atoms with E-state index in [9.17, 15) is 4.79 Å². The first-order valence-electron chi connectivity index (χ1n) is 8.00. The van der Waals surface area contributed by atoms with E-state index in [1.165, 1.54) is 0 Å². The van der Waals surface area contributed by atoms with E-state index in [0.29, 0.717) is 17.0 Å². The van der Waals surface area contributed by atoms with Crippen molar-refractivity contribution in [2.45, 2.75) is 6.92 Å². The summed E-state index contributed by atoms with van der Waals surface area (Å²) in [6, 6.07) is 15.1. The molecule has 2 aromatic carbocycles. The van der Waals surface area contributed by atoms with Crippen LogP contribution >= 0.6 is 15.9 Å². The lowest BCUT2D eigenvalue weighted by Crippen LogP contribution is -2.13. The molecule has 0 amide bonds. The maximum atomic E-state index is 13.1. The Balaban J connectivity index is 2.09. The molecule has 0 N–H and O–H groups in total. The molecule has 0 atom stereocenters. The van der Waals surface area contributed by atoms with E-state index in [1.54, 1.807) is 27.9 Å². The summed E-state index contributed by atoms with van der Waals surface area (Å²) < 4.78 is 2.41. The minimum absolute atomic E-state index is 0.150. The van der Waals surface area contributed by atoms with Crippen LogP contribution in [0.15, 0.2) is 59.2 Å². The number of Topliss-reactive ketones (excluding diaryl/α,β-unsaturated/α-hetero) is 1. The van der Waals surface area contributed by atoms with Gasteiger partial charge >= 0.3 is 0 Å². The maximum absolute atomic E-state index is 13.1. The smallest absolute Gasteiger partial charge is 0.198 e. The van der Waals surface area contributed by atoms with Gasteiger partial charge in [0.2, 0.25) is 0 Å². The Labute approximate surface area is 160 Å². The molecule has 6 nitrogen and oxygen atoms in total. The van der Waals surface area contributed by atoms with Crippen LogP contribution in [0.5, 0.6) is 0 Å². The average molecular weight is 412 g/mol. The molecule has 7 heteroatoms. The van der Waals surface area contributed by atoms with Crippen molar-refractivity contribution in [1.29, 1.82) is 0 Å². The number of hydrogen-bond donors (Lipinski definition) is 0. The molecular formula is C19H18BrN5O. The maximum Gasteiger partial charge on any atom is 0.198 e. The summed E-state index contributed by atoms with van der Waals surface area (Å²) in [6.45, 7) is 2.01. The van der Waals surface area contributed by atoms with E-state index in [-0.39, 0.29) is 5.78 Å². The Morgan fingerprint density at radius 1 is 1.15 bits per heavy atom. The van der Waals surface area contributed by atoms with Gasteiger partial charge in [0, 0.05) is 30.3 Å². The first-order valence-corrected chi connectivity index (χ1v) is 8.79. The SMILES string of the molecule is Cc1ccc(-n2nnnc2C(=CN(C)C)C(=O)c2cccc(Br)c2)cc1. The third-order valence-corrected chi connectivity index (χ3v) is 4.20. The van der Waals surface area contributed by atoms with Crippen molar-refractivity contribution >= 4 is 27.3 Å². The Bertz CT molecular complexity index is 960. The van der Waals surface area contributed by atoms with Gasteiger partial charge in [-0.25, -0.2) is 0 Å². The second kappa shape index (κ2) is 7.61. The van der Waals surface area contributed by atoms with Gasteiger partial charge in [0.1, 0.15) is 0 Å². The lowest BCUT2D eigenvalue weighted by molar-refractivity contribution is 0.105. The van der Waals surface area contributed by atoms with Crippen LogP contribution in [0.4, 0.5) is 0 Å². The van der Waals surface area contributed by atoms with Crippen LogP contribution in [0.3, 0.4) is 0 Å². The van der Waals surface area contributed by atoms with Crippen molar-refractivity contribution in [1.82, 2.24) is 25.1 Å². The zero-order valence-electron chi connectivity index (χ0n) is 14.7. The zero-order chi connectivity index (χ0) is 18.7. The fourth-order valence-corrected chi connectivity index (χ4v) is 2.88. The van der Waals surface area contributed by atoms with E-state index in [1.807, 2.05) is 57.4 Å². The number of rotatable bonds is 5. The third-order valence-electron chi connectivity index (χ3n) is 3.71. The fraction of sp³-hybridized carbons (Fsp3) is 0.158. The number of aromatic nitrogens is 4. The number of aryl methyl sites for hydroxylation is 1. The van der Waals surface area contributed by atoms with E-state index in [0.717, 1.165) is 15.7 Å². The van der Waals surface area contributed by atoms with Crippen LogP contribution in [0.1, 0.15) is 21.7 Å². The number of benzene rings is 2. The predicted octanol–water partition coefficient (Wildman–Crippen LogP) is 3.52. The number of carbonyl (C=O) groups is 1. The highest BCUT2D eigenvalue weighted by molar-refractivity contribution is 9.10. The molecule has 0 saturated carbocycles. The molecule has 3 rings (SSSR count). The summed E-state index contributed by atoms with van der Waals surface area (Å²) in [5.41, 5.74) is 2.91. The summed E-state index contributed by atoms with van der Waals surface area (Å²) >= 11 is 3.41. The first kappa shape index (κ1) is 18.0. The van der Waals surface area contributed by atoms with Crippen molar-refractivity contribution in [3.63, 3.8) is 0 Å². The number of hydrogen-bond acceptors (Lipinski definition) is 5. The highest BCUT2D eigenvalue weighted by Gasteiger charge is 2.22. The lowest BCUT2D eigenvalue weighted by Gasteiger charge is -2.12. The normalized spacial score (nSPS) is 11.5. The number of allylic oxidation sites excluding steroid dienone is 1. The molecule has 0 aliphatic carbocycles. The molecule has 0 bridgehead atoms. The number of carbonyl (C=O) groups excluding carboxylic acids is 1. The van der Waals surface area contributed by atoms with Gasteiger partial charge in [-0.15, -0.1) is 5.10 Å². The van der Waals surface area contributed by atoms with Crippen LogP contribution in [0, 0.1) is 6.92 Å². The van der Waals surface area contributed by atoms with Crippen molar-refractivity contribution < 1.29 is 4.79 Å². The molecule has 26 heavy (non-hydrogen) atoms. The summed E-state index contributed by atoms with van der Waals surface area (Å²) in [7, 11) is 3.71. The van der Waals surface area contributed by atoms with E-state index >= 15 is 0 Å². The monoisotopic (exact) mass is 411 g/mol. The van der Waals surface area contributed by atoms with Crippen LogP contribution in [-0.2, 0) is 0 Å². The van der Waals surface area contributed by atoms with Gasteiger partial charge in [0.05, 0.1) is 11.3 Å². The average Bonchev–Trinajstić information content (AvgIpc) is 3.09. The van der Waals surface area contributed by atoms with Gasteiger partial charge in [-0.05, 0) is 41.6 Å². The highest BCUT2D eigenvalue weighted by atomic mass is 79.9. The van der Waals surface area contributed by atoms with Crippen LogP contribution in [0.25, 0.3) is 11.3 Å². The molecule has 1 aromatic heterocycles. The topological polar surface area (TPSA) is 63.9 Å². The highest BCUT2D eigenvalue weighted by Crippen LogP contribution is 2.22. The molecular weight excluding hydrogens is 394 g/mol. The molecule has 0 unspecified atom stereocenters. The van der Waals surface area contributed by atoms with E-state index in [4.69, 9.17) is 0 Å². The molecule has 0 aliphatic rings. The van der Waals surface area contributed by atoms with Gasteiger partial charge in [-0.3, -0.25) is 4.79 Å². The molecule has 3 aromatic rings. The first-order chi connectivity index (χ1) is 12.5. The Hall–Kier alpha value is -2.80. The van der Waals surface area contributed by atoms with Gasteiger partial charge in [0.25, 0.3) is 0 Å². The standard InChI is InChI=1S/C19H18BrN5O/c1-13-7-9-16(10-8-13)25-19(21-22-23-25)17(12-24(2)3)18(26)14-5-4-6-15(20)11-14/h4-12H,1-3H3. The quantitative estimate of drug-likeness (QED) is 0.474. The van der Waals surface area contributed by atoms with E-state index < -0.39 is 0 Å². The largest absolute Gasteiger partial charge is 0.383 e. The molecule has 0 radical (unpaired) electrons. The molecule has 1 heterocycles. The summed E-state index contributed by atoms with van der Waals surface area (Å²) in [6.07, 6.45) is 1.74. The fourth-order valence-electron chi connectivity index (χ4n) is 2.48. The van der Waals surface area contributed by atoms with Crippen molar-refractivity contribution in [3.8, 4) is 5.69 Å². The Morgan fingerprint density at radius 2 is 1.88 bits per heavy atom. The number of ketones is 1.